The Labute approximate surface area is 173 Å². The number of rotatable bonds is 6. The highest BCUT2D eigenvalue weighted by atomic mass is 32.2. The highest BCUT2D eigenvalue weighted by Gasteiger charge is 2.27. The fourth-order valence-electron chi connectivity index (χ4n) is 3.62. The van der Waals surface area contributed by atoms with E-state index in [1.54, 1.807) is 6.07 Å². The van der Waals surface area contributed by atoms with E-state index in [9.17, 15) is 8.42 Å². The molecule has 3 aromatic rings. The number of fused-ring (bicyclic) bond motifs is 1. The second-order valence-corrected chi connectivity index (χ2v) is 9.73. The molecule has 10 heteroatoms. The van der Waals surface area contributed by atoms with Crippen LogP contribution in [0.3, 0.4) is 0 Å². The van der Waals surface area contributed by atoms with Gasteiger partial charge in [-0.1, -0.05) is 5.10 Å². The number of aromatic nitrogens is 3. The Morgan fingerprint density at radius 1 is 1.13 bits per heavy atom. The molecule has 0 amide bonds. The van der Waals surface area contributed by atoms with E-state index < -0.39 is 9.84 Å². The Bertz CT molecular complexity index is 1210. The van der Waals surface area contributed by atoms with Crippen molar-refractivity contribution in [3.05, 3.63) is 29.3 Å². The lowest BCUT2D eigenvalue weighted by atomic mass is 10.0. The summed E-state index contributed by atoms with van der Waals surface area (Å²) in [4.78, 5) is 4.83. The van der Waals surface area contributed by atoms with Gasteiger partial charge in [-0.05, 0) is 55.0 Å². The second kappa shape index (κ2) is 7.29. The number of hydrogen-bond acceptors (Lipinski definition) is 9. The SMILES string of the molecule is Cc1cc(-c2nnc(NCC3OCCO3)o2)nc2c(S(C)(=O)=O)cc(C3CC3)cc12. The van der Waals surface area contributed by atoms with Crippen molar-refractivity contribution in [1.82, 2.24) is 15.2 Å². The molecule has 1 aliphatic carbocycles. The first-order chi connectivity index (χ1) is 14.4. The third-order valence-corrected chi connectivity index (χ3v) is 6.42. The molecule has 1 aliphatic heterocycles. The maximum Gasteiger partial charge on any atom is 0.315 e. The van der Waals surface area contributed by atoms with Gasteiger partial charge in [-0.15, -0.1) is 5.10 Å². The monoisotopic (exact) mass is 430 g/mol. The van der Waals surface area contributed by atoms with Crippen molar-refractivity contribution in [2.24, 2.45) is 0 Å². The molecule has 158 valence electrons. The smallest absolute Gasteiger partial charge is 0.315 e. The maximum atomic E-state index is 12.5. The van der Waals surface area contributed by atoms with Crippen LogP contribution in [-0.2, 0) is 19.3 Å². The second-order valence-electron chi connectivity index (χ2n) is 7.75. The predicted octanol–water partition coefficient (Wildman–Crippen LogP) is 2.66. The average molecular weight is 430 g/mol. The van der Waals surface area contributed by atoms with E-state index in [1.165, 1.54) is 6.26 Å². The van der Waals surface area contributed by atoms with E-state index in [0.29, 0.717) is 36.9 Å². The van der Waals surface area contributed by atoms with E-state index >= 15 is 0 Å². The topological polar surface area (TPSA) is 116 Å². The summed E-state index contributed by atoms with van der Waals surface area (Å²) < 4.78 is 41.4. The molecular formula is C20H22N4O5S. The van der Waals surface area contributed by atoms with E-state index in [0.717, 1.165) is 29.4 Å². The Morgan fingerprint density at radius 2 is 1.90 bits per heavy atom. The van der Waals surface area contributed by atoms with Gasteiger partial charge in [0.25, 0.3) is 5.89 Å². The van der Waals surface area contributed by atoms with E-state index in [-0.39, 0.29) is 23.1 Å². The van der Waals surface area contributed by atoms with Crippen molar-refractivity contribution in [3.63, 3.8) is 0 Å². The van der Waals surface area contributed by atoms with Gasteiger partial charge in [0, 0.05) is 11.6 Å². The molecule has 30 heavy (non-hydrogen) atoms. The molecular weight excluding hydrogens is 408 g/mol. The van der Waals surface area contributed by atoms with Crippen LogP contribution in [0.5, 0.6) is 0 Å². The van der Waals surface area contributed by atoms with Crippen molar-refractivity contribution in [1.29, 1.82) is 0 Å². The minimum atomic E-state index is -3.46. The molecule has 0 bridgehead atoms. The lowest BCUT2D eigenvalue weighted by Crippen LogP contribution is -2.20. The Morgan fingerprint density at radius 3 is 2.60 bits per heavy atom. The molecule has 1 saturated carbocycles. The molecule has 1 saturated heterocycles. The van der Waals surface area contributed by atoms with E-state index in [4.69, 9.17) is 13.9 Å². The summed E-state index contributed by atoms with van der Waals surface area (Å²) >= 11 is 0. The summed E-state index contributed by atoms with van der Waals surface area (Å²) in [7, 11) is -3.46. The molecule has 1 N–H and O–H groups in total. The van der Waals surface area contributed by atoms with Gasteiger partial charge in [0.1, 0.15) is 5.69 Å². The van der Waals surface area contributed by atoms with Gasteiger partial charge in [0.2, 0.25) is 0 Å². The maximum absolute atomic E-state index is 12.5. The zero-order valence-electron chi connectivity index (χ0n) is 16.7. The van der Waals surface area contributed by atoms with Gasteiger partial charge in [-0.2, -0.15) is 0 Å². The van der Waals surface area contributed by atoms with Crippen LogP contribution in [0, 0.1) is 6.92 Å². The largest absolute Gasteiger partial charge is 0.402 e. The molecule has 2 aliphatic rings. The lowest BCUT2D eigenvalue weighted by Gasteiger charge is -2.11. The van der Waals surface area contributed by atoms with Gasteiger partial charge < -0.3 is 19.2 Å². The number of pyridine rings is 1. The molecule has 0 unspecified atom stereocenters. The highest BCUT2D eigenvalue weighted by molar-refractivity contribution is 7.91. The van der Waals surface area contributed by atoms with Crippen LogP contribution in [0.4, 0.5) is 6.01 Å². The lowest BCUT2D eigenvalue weighted by molar-refractivity contribution is -0.0302. The number of aryl methyl sites for hydroxylation is 1. The summed E-state index contributed by atoms with van der Waals surface area (Å²) in [6.07, 6.45) is 3.05. The third kappa shape index (κ3) is 3.78. The summed E-state index contributed by atoms with van der Waals surface area (Å²) in [6.45, 7) is 3.44. The molecule has 0 spiro atoms. The summed E-state index contributed by atoms with van der Waals surface area (Å²) in [5.41, 5.74) is 2.82. The predicted molar refractivity (Wildman–Crippen MR) is 109 cm³/mol. The van der Waals surface area contributed by atoms with Gasteiger partial charge in [0.15, 0.2) is 16.1 Å². The van der Waals surface area contributed by atoms with Crippen LogP contribution in [-0.4, -0.2) is 55.9 Å². The van der Waals surface area contributed by atoms with Crippen molar-refractivity contribution in [2.75, 3.05) is 31.3 Å². The fraction of sp³-hybridized carbons (Fsp3) is 0.450. The summed E-state index contributed by atoms with van der Waals surface area (Å²) in [6, 6.07) is 5.87. The molecule has 2 aromatic heterocycles. The Kier molecular flexibility index (Phi) is 4.72. The number of nitrogens with one attached hydrogen (secondary N) is 1. The standard InChI is InChI=1S/C20H22N4O5S/c1-11-7-15(19-23-24-20(29-19)21-10-17-27-5-6-28-17)22-18-14(11)8-13(12-3-4-12)9-16(18)30(2,25)26/h7-9,12,17H,3-6,10H2,1-2H3,(H,21,24). The number of ether oxygens (including phenoxy) is 2. The molecule has 2 fully saturated rings. The van der Waals surface area contributed by atoms with E-state index in [1.807, 2.05) is 13.0 Å². The van der Waals surface area contributed by atoms with Gasteiger partial charge in [0.05, 0.1) is 30.2 Å². The molecule has 5 rings (SSSR count). The van der Waals surface area contributed by atoms with Crippen LogP contribution >= 0.6 is 0 Å². The molecule has 1 aromatic carbocycles. The van der Waals surface area contributed by atoms with Crippen molar-refractivity contribution >= 4 is 26.8 Å². The number of benzene rings is 1. The molecule has 9 nitrogen and oxygen atoms in total. The molecule has 3 heterocycles. The number of anilines is 1. The number of nitrogens with zero attached hydrogens (tertiary/aromatic N) is 3. The van der Waals surface area contributed by atoms with Gasteiger partial charge in [-0.3, -0.25) is 0 Å². The first kappa shape index (κ1) is 19.4. The summed E-state index contributed by atoms with van der Waals surface area (Å²) in [5, 5.41) is 11.8. The average Bonchev–Trinajstić information content (AvgIpc) is 3.22. The quantitative estimate of drug-likeness (QED) is 0.630. The number of hydrogen-bond donors (Lipinski definition) is 1. The number of sulfone groups is 1. The normalized spacial score (nSPS) is 17.7. The first-order valence-electron chi connectivity index (χ1n) is 9.85. The Balaban J connectivity index is 1.52. The third-order valence-electron chi connectivity index (χ3n) is 5.31. The van der Waals surface area contributed by atoms with Crippen molar-refractivity contribution in [2.45, 2.75) is 36.9 Å². The first-order valence-corrected chi connectivity index (χ1v) is 11.7. The fourth-order valence-corrected chi connectivity index (χ4v) is 4.48. The van der Waals surface area contributed by atoms with Crippen molar-refractivity contribution < 1.29 is 22.3 Å². The molecule has 0 radical (unpaired) electrons. The zero-order valence-corrected chi connectivity index (χ0v) is 17.5. The minimum Gasteiger partial charge on any atom is -0.402 e. The van der Waals surface area contributed by atoms with E-state index in [2.05, 4.69) is 26.6 Å². The van der Waals surface area contributed by atoms with Gasteiger partial charge >= 0.3 is 6.01 Å². The summed E-state index contributed by atoms with van der Waals surface area (Å²) in [5.74, 6) is 0.646. The van der Waals surface area contributed by atoms with Crippen LogP contribution < -0.4 is 5.32 Å². The van der Waals surface area contributed by atoms with Crippen LogP contribution in [0.2, 0.25) is 0 Å². The zero-order chi connectivity index (χ0) is 20.9. The Hall–Kier alpha value is -2.56. The van der Waals surface area contributed by atoms with Gasteiger partial charge in [-0.25, -0.2) is 13.4 Å². The van der Waals surface area contributed by atoms with Crippen LogP contribution in [0.15, 0.2) is 27.5 Å². The van der Waals surface area contributed by atoms with Crippen LogP contribution in [0.25, 0.3) is 22.5 Å². The minimum absolute atomic E-state index is 0.210. The molecule has 0 atom stereocenters. The van der Waals surface area contributed by atoms with Crippen LogP contribution in [0.1, 0.15) is 29.9 Å². The van der Waals surface area contributed by atoms with Crippen molar-refractivity contribution in [3.8, 4) is 11.6 Å². The highest BCUT2D eigenvalue weighted by Crippen LogP contribution is 2.42.